The van der Waals surface area contributed by atoms with Gasteiger partial charge in [-0.3, -0.25) is 19.1 Å². The highest BCUT2D eigenvalue weighted by Crippen LogP contribution is 2.21. The van der Waals surface area contributed by atoms with Crippen LogP contribution in [-0.2, 0) is 0 Å². The minimum absolute atomic E-state index is 0.182. The number of anilines is 3. The summed E-state index contributed by atoms with van der Waals surface area (Å²) in [5.41, 5.74) is 7.34. The molecule has 0 aromatic carbocycles. The van der Waals surface area contributed by atoms with E-state index in [1.54, 1.807) is 43.7 Å². The van der Waals surface area contributed by atoms with Crippen molar-refractivity contribution in [1.29, 1.82) is 0 Å². The molecule has 10 nitrogen and oxygen atoms in total. The van der Waals surface area contributed by atoms with E-state index in [0.29, 0.717) is 23.0 Å². The Hall–Kier alpha value is -4.21. The van der Waals surface area contributed by atoms with Crippen LogP contribution in [0.4, 0.5) is 17.3 Å². The van der Waals surface area contributed by atoms with Gasteiger partial charge in [-0.2, -0.15) is 9.61 Å². The van der Waals surface area contributed by atoms with Crippen molar-refractivity contribution in [3.05, 3.63) is 70.5 Å². The number of pyridine rings is 2. The second-order valence-electron chi connectivity index (χ2n) is 6.26. The summed E-state index contributed by atoms with van der Waals surface area (Å²) in [5.74, 6) is 0.299. The molecule has 29 heavy (non-hydrogen) atoms. The van der Waals surface area contributed by atoms with Gasteiger partial charge in [0.2, 0.25) is 0 Å². The van der Waals surface area contributed by atoms with E-state index in [0.717, 1.165) is 5.69 Å². The molecule has 0 unspecified atom stereocenters. The molecule has 0 saturated heterocycles. The number of nitrogens with zero attached hydrogens (tertiary/aromatic N) is 5. The van der Waals surface area contributed by atoms with Crippen molar-refractivity contribution in [2.45, 2.75) is 6.92 Å². The van der Waals surface area contributed by atoms with Gasteiger partial charge < -0.3 is 16.4 Å². The number of hydrogen-bond donors (Lipinski definition) is 3. The van der Waals surface area contributed by atoms with Crippen molar-refractivity contribution in [2.24, 2.45) is 5.73 Å². The van der Waals surface area contributed by atoms with Crippen molar-refractivity contribution in [1.82, 2.24) is 24.1 Å². The van der Waals surface area contributed by atoms with Crippen LogP contribution in [0, 0.1) is 6.92 Å². The highest BCUT2D eigenvalue weighted by atomic mass is 16.1. The van der Waals surface area contributed by atoms with Gasteiger partial charge in [-0.1, -0.05) is 0 Å². The fourth-order valence-corrected chi connectivity index (χ4v) is 3.03. The molecule has 0 atom stereocenters. The van der Waals surface area contributed by atoms with E-state index in [1.165, 1.54) is 15.3 Å². The first-order valence-corrected chi connectivity index (χ1v) is 8.76. The molecule has 4 aromatic rings. The third-order valence-corrected chi connectivity index (χ3v) is 4.44. The molecule has 0 aliphatic rings. The van der Waals surface area contributed by atoms with Gasteiger partial charge in [0.25, 0.3) is 11.5 Å². The molecule has 4 N–H and O–H groups in total. The lowest BCUT2D eigenvalue weighted by Crippen LogP contribution is -2.21. The largest absolute Gasteiger partial charge is 0.373 e. The highest BCUT2D eigenvalue weighted by molar-refractivity contribution is 5.98. The minimum atomic E-state index is -0.638. The maximum absolute atomic E-state index is 13.0. The number of nitrogens with one attached hydrogen (secondary N) is 2. The van der Waals surface area contributed by atoms with Crippen LogP contribution in [0.15, 0.2) is 53.7 Å². The Morgan fingerprint density at radius 2 is 2.07 bits per heavy atom. The fraction of sp³-hybridized carbons (Fsp3) is 0.105. The van der Waals surface area contributed by atoms with E-state index in [9.17, 15) is 9.59 Å². The third kappa shape index (κ3) is 3.16. The number of aromatic nitrogens is 5. The van der Waals surface area contributed by atoms with Gasteiger partial charge in [-0.15, -0.1) is 0 Å². The Balaban J connectivity index is 1.81. The van der Waals surface area contributed by atoms with E-state index in [-0.39, 0.29) is 16.8 Å². The molecular formula is C19H18N8O2. The molecular weight excluding hydrogens is 372 g/mol. The molecule has 1 amide bonds. The first-order chi connectivity index (χ1) is 14.0. The Kier molecular flexibility index (Phi) is 4.43. The lowest BCUT2D eigenvalue weighted by Gasteiger charge is -2.12. The summed E-state index contributed by atoms with van der Waals surface area (Å²) in [6.07, 6.45) is 4.71. The summed E-state index contributed by atoms with van der Waals surface area (Å²) in [6, 6.07) is 8.68. The monoisotopic (exact) mass is 390 g/mol. The molecule has 0 saturated carbocycles. The zero-order valence-electron chi connectivity index (χ0n) is 15.7. The second-order valence-corrected chi connectivity index (χ2v) is 6.26. The SMILES string of the molecule is CNc1cc(Nc2cccn(-c3cccnc3C)c2=O)nc2c(C(N)=O)cnn12. The predicted octanol–water partition coefficient (Wildman–Crippen LogP) is 1.47. The van der Waals surface area contributed by atoms with Gasteiger partial charge >= 0.3 is 0 Å². The predicted molar refractivity (Wildman–Crippen MR) is 109 cm³/mol. The number of hydrogen-bond acceptors (Lipinski definition) is 7. The third-order valence-electron chi connectivity index (χ3n) is 4.44. The van der Waals surface area contributed by atoms with Crippen LogP contribution >= 0.6 is 0 Å². The summed E-state index contributed by atoms with van der Waals surface area (Å²) in [6.45, 7) is 1.83. The Morgan fingerprint density at radius 3 is 2.79 bits per heavy atom. The van der Waals surface area contributed by atoms with Crippen molar-refractivity contribution < 1.29 is 4.79 Å². The molecule has 10 heteroatoms. The lowest BCUT2D eigenvalue weighted by molar-refractivity contribution is 0.100. The van der Waals surface area contributed by atoms with Crippen LogP contribution in [0.25, 0.3) is 11.3 Å². The van der Waals surface area contributed by atoms with Crippen LogP contribution in [0.3, 0.4) is 0 Å². The summed E-state index contributed by atoms with van der Waals surface area (Å²) in [4.78, 5) is 33.3. The van der Waals surface area contributed by atoms with Crippen molar-refractivity contribution in [3.63, 3.8) is 0 Å². The van der Waals surface area contributed by atoms with E-state index in [4.69, 9.17) is 5.73 Å². The standard InChI is InChI=1S/C19H18N8O2/c1-11-14(6-3-7-22-11)26-8-4-5-13(19(26)29)24-15-9-16(21-2)27-18(25-15)12(10-23-27)17(20)28/h3-10,21H,1-2H3,(H2,20,28)(H,24,25). The van der Waals surface area contributed by atoms with Gasteiger partial charge in [0, 0.05) is 25.5 Å². The highest BCUT2D eigenvalue weighted by Gasteiger charge is 2.15. The van der Waals surface area contributed by atoms with Gasteiger partial charge in [0.1, 0.15) is 22.9 Å². The minimum Gasteiger partial charge on any atom is -0.373 e. The zero-order valence-corrected chi connectivity index (χ0v) is 15.7. The molecule has 4 rings (SSSR count). The quantitative estimate of drug-likeness (QED) is 0.470. The lowest BCUT2D eigenvalue weighted by atomic mass is 10.3. The maximum atomic E-state index is 13.0. The molecule has 4 heterocycles. The number of rotatable bonds is 5. The average Bonchev–Trinajstić information content (AvgIpc) is 3.14. The van der Waals surface area contributed by atoms with Gasteiger partial charge in [-0.25, -0.2) is 4.98 Å². The van der Waals surface area contributed by atoms with Crippen molar-refractivity contribution in [3.8, 4) is 5.69 Å². The molecule has 0 spiro atoms. The first kappa shape index (κ1) is 18.2. The first-order valence-electron chi connectivity index (χ1n) is 8.76. The van der Waals surface area contributed by atoms with E-state index in [1.807, 2.05) is 13.0 Å². The number of aryl methyl sites for hydroxylation is 1. The van der Waals surface area contributed by atoms with Gasteiger partial charge in [0.05, 0.1) is 17.6 Å². The van der Waals surface area contributed by atoms with Crippen LogP contribution in [0.1, 0.15) is 16.1 Å². The molecule has 146 valence electrons. The molecule has 0 aliphatic heterocycles. The normalized spacial score (nSPS) is 10.8. The fourth-order valence-electron chi connectivity index (χ4n) is 3.03. The average molecular weight is 390 g/mol. The summed E-state index contributed by atoms with van der Waals surface area (Å²) < 4.78 is 2.98. The number of fused-ring (bicyclic) bond motifs is 1. The molecule has 0 bridgehead atoms. The van der Waals surface area contributed by atoms with E-state index in [2.05, 4.69) is 25.7 Å². The maximum Gasteiger partial charge on any atom is 0.278 e. The summed E-state index contributed by atoms with van der Waals surface area (Å²) in [7, 11) is 1.71. The summed E-state index contributed by atoms with van der Waals surface area (Å²) in [5, 5.41) is 10.1. The number of primary amides is 1. The topological polar surface area (TPSA) is 132 Å². The molecule has 0 radical (unpaired) electrons. The number of nitrogens with two attached hydrogens (primary N) is 1. The van der Waals surface area contributed by atoms with Crippen LogP contribution < -0.4 is 21.9 Å². The van der Waals surface area contributed by atoms with Gasteiger partial charge in [0.15, 0.2) is 5.65 Å². The van der Waals surface area contributed by atoms with E-state index < -0.39 is 5.91 Å². The number of carbonyl (C=O) groups excluding carboxylic acids is 1. The Morgan fingerprint density at radius 1 is 1.24 bits per heavy atom. The smallest absolute Gasteiger partial charge is 0.278 e. The Bertz CT molecular complexity index is 1290. The van der Waals surface area contributed by atoms with Crippen LogP contribution in [0.2, 0.25) is 0 Å². The van der Waals surface area contributed by atoms with Crippen LogP contribution in [0.5, 0.6) is 0 Å². The molecule has 4 aromatic heterocycles. The van der Waals surface area contributed by atoms with E-state index >= 15 is 0 Å². The van der Waals surface area contributed by atoms with Crippen molar-refractivity contribution in [2.75, 3.05) is 17.7 Å². The van der Waals surface area contributed by atoms with Crippen molar-refractivity contribution >= 4 is 28.9 Å². The second kappa shape index (κ2) is 7.08. The number of amides is 1. The summed E-state index contributed by atoms with van der Waals surface area (Å²) >= 11 is 0. The zero-order chi connectivity index (χ0) is 20.5. The molecule has 0 fully saturated rings. The Labute approximate surface area is 165 Å². The number of carbonyl (C=O) groups is 1. The van der Waals surface area contributed by atoms with Crippen LogP contribution in [-0.4, -0.2) is 37.1 Å². The van der Waals surface area contributed by atoms with Gasteiger partial charge in [-0.05, 0) is 31.2 Å². The molecule has 0 aliphatic carbocycles.